The first-order valence-electron chi connectivity index (χ1n) is 19.6. The Balaban J connectivity index is 1.25. The lowest BCUT2D eigenvalue weighted by molar-refractivity contribution is 0.295. The maximum Gasteiger partial charge on any atom is 0.164 e. The highest BCUT2D eigenvalue weighted by atomic mass is 15.0. The Morgan fingerprint density at radius 3 is 1.65 bits per heavy atom. The van der Waals surface area contributed by atoms with Crippen LogP contribution in [0.1, 0.15) is 64.0 Å². The van der Waals surface area contributed by atoms with Crippen molar-refractivity contribution in [3.63, 3.8) is 0 Å². The quantitative estimate of drug-likeness (QED) is 0.147. The van der Waals surface area contributed by atoms with Crippen LogP contribution in [0.4, 0.5) is 0 Å². The average Bonchev–Trinajstić information content (AvgIpc) is 3.41. The molecule has 55 heavy (non-hydrogen) atoms. The molecule has 4 nitrogen and oxygen atoms in total. The van der Waals surface area contributed by atoms with Gasteiger partial charge in [-0.15, -0.1) is 0 Å². The first kappa shape index (κ1) is 35.8. The van der Waals surface area contributed by atoms with Crippen molar-refractivity contribution in [2.24, 2.45) is 11.8 Å². The molecular formula is C51H46N4. The second-order valence-corrected chi connectivity index (χ2v) is 15.5. The number of rotatable bonds is 8. The highest BCUT2D eigenvalue weighted by Crippen LogP contribution is 2.46. The van der Waals surface area contributed by atoms with Crippen LogP contribution in [-0.4, -0.2) is 15.0 Å². The topological polar surface area (TPSA) is 62.5 Å². The molecule has 0 spiro atoms. The van der Waals surface area contributed by atoms with Gasteiger partial charge in [-0.1, -0.05) is 155 Å². The van der Waals surface area contributed by atoms with Gasteiger partial charge in [0.2, 0.25) is 0 Å². The molecule has 0 saturated heterocycles. The van der Waals surface area contributed by atoms with Crippen LogP contribution in [0.5, 0.6) is 0 Å². The summed E-state index contributed by atoms with van der Waals surface area (Å²) in [6, 6.07) is 55.0. The summed E-state index contributed by atoms with van der Waals surface area (Å²) in [5.41, 5.74) is 11.5. The van der Waals surface area contributed by atoms with Gasteiger partial charge in [-0.3, -0.25) is 0 Å². The third-order valence-corrected chi connectivity index (χ3v) is 11.6. The fourth-order valence-electron chi connectivity index (χ4n) is 8.66. The zero-order valence-electron chi connectivity index (χ0n) is 31.9. The lowest BCUT2D eigenvalue weighted by atomic mass is 9.69. The number of nitriles is 1. The molecule has 1 heterocycles. The van der Waals surface area contributed by atoms with E-state index in [-0.39, 0.29) is 5.41 Å². The van der Waals surface area contributed by atoms with Gasteiger partial charge in [0, 0.05) is 16.7 Å². The van der Waals surface area contributed by atoms with Crippen molar-refractivity contribution in [1.82, 2.24) is 15.0 Å². The molecule has 1 aliphatic rings. The van der Waals surface area contributed by atoms with Crippen molar-refractivity contribution in [3.05, 3.63) is 163 Å². The van der Waals surface area contributed by atoms with Crippen molar-refractivity contribution < 1.29 is 0 Å². The van der Waals surface area contributed by atoms with Gasteiger partial charge in [0.1, 0.15) is 0 Å². The molecule has 6 aromatic carbocycles. The molecule has 3 atom stereocenters. The van der Waals surface area contributed by atoms with E-state index in [1.807, 2.05) is 54.6 Å². The van der Waals surface area contributed by atoms with Gasteiger partial charge in [0.15, 0.2) is 17.5 Å². The zero-order valence-corrected chi connectivity index (χ0v) is 31.9. The molecule has 0 aliphatic heterocycles. The van der Waals surface area contributed by atoms with Gasteiger partial charge in [0.05, 0.1) is 11.6 Å². The van der Waals surface area contributed by atoms with Crippen molar-refractivity contribution in [2.75, 3.05) is 0 Å². The van der Waals surface area contributed by atoms with E-state index >= 15 is 0 Å². The maximum atomic E-state index is 9.73. The van der Waals surface area contributed by atoms with Crippen LogP contribution in [-0.2, 0) is 5.41 Å². The Morgan fingerprint density at radius 2 is 1.02 bits per heavy atom. The molecule has 0 bridgehead atoms. The first-order chi connectivity index (χ1) is 26.9. The molecular weight excluding hydrogens is 669 g/mol. The van der Waals surface area contributed by atoms with Crippen LogP contribution in [0, 0.1) is 23.2 Å². The lowest BCUT2D eigenvalue weighted by Gasteiger charge is -2.35. The second-order valence-electron chi connectivity index (χ2n) is 15.5. The highest BCUT2D eigenvalue weighted by molar-refractivity contribution is 5.86. The van der Waals surface area contributed by atoms with Gasteiger partial charge < -0.3 is 0 Å². The standard InChI is InChI=1S/C51H46N4/c1-4-51(32-35(2)21-22-36(3)33-51)45-26-23-39(24-27-45)42-25-28-46(47(31-42)40-16-9-6-10-17-40)50-54-48(43-19-11-13-37(29-43)34-52)53-49(55-50)44-20-12-18-41(30-44)38-14-7-5-8-15-38/h5-20,23-31,35-36H,4,21-22,32-33H2,1-3H3/t35-,36+,51?. The summed E-state index contributed by atoms with van der Waals surface area (Å²) < 4.78 is 0. The number of hydrogen-bond donors (Lipinski definition) is 0. The summed E-state index contributed by atoms with van der Waals surface area (Å²) in [5, 5.41) is 9.73. The maximum absolute atomic E-state index is 9.73. The Morgan fingerprint density at radius 1 is 0.509 bits per heavy atom. The summed E-state index contributed by atoms with van der Waals surface area (Å²) in [6.45, 7) is 7.25. The van der Waals surface area contributed by atoms with Crippen molar-refractivity contribution in [3.8, 4) is 73.6 Å². The molecule has 0 radical (unpaired) electrons. The fourth-order valence-corrected chi connectivity index (χ4v) is 8.66. The minimum Gasteiger partial charge on any atom is -0.208 e. The predicted octanol–water partition coefficient (Wildman–Crippen LogP) is 13.2. The Bertz CT molecular complexity index is 2450. The second kappa shape index (κ2) is 15.7. The summed E-state index contributed by atoms with van der Waals surface area (Å²) in [5.74, 6) is 3.16. The molecule has 0 N–H and O–H groups in total. The van der Waals surface area contributed by atoms with Crippen molar-refractivity contribution in [2.45, 2.75) is 58.3 Å². The van der Waals surface area contributed by atoms with Crippen molar-refractivity contribution >= 4 is 0 Å². The van der Waals surface area contributed by atoms with E-state index in [9.17, 15) is 5.26 Å². The summed E-state index contributed by atoms with van der Waals surface area (Å²) >= 11 is 0. The van der Waals surface area contributed by atoms with E-state index in [1.54, 1.807) is 6.07 Å². The molecule has 1 aliphatic carbocycles. The van der Waals surface area contributed by atoms with Gasteiger partial charge >= 0.3 is 0 Å². The van der Waals surface area contributed by atoms with Crippen molar-refractivity contribution in [1.29, 1.82) is 5.26 Å². The minimum atomic E-state index is 0.231. The van der Waals surface area contributed by atoms with E-state index < -0.39 is 0 Å². The van der Waals surface area contributed by atoms with Gasteiger partial charge in [-0.25, -0.2) is 15.0 Å². The largest absolute Gasteiger partial charge is 0.208 e. The summed E-state index contributed by atoms with van der Waals surface area (Å²) in [6.07, 6.45) is 6.33. The Labute approximate surface area is 325 Å². The van der Waals surface area contributed by atoms with Gasteiger partial charge in [-0.2, -0.15) is 5.26 Å². The fraction of sp³-hybridized carbons (Fsp3) is 0.216. The molecule has 4 heteroatoms. The van der Waals surface area contributed by atoms with E-state index in [0.717, 1.165) is 56.3 Å². The number of hydrogen-bond acceptors (Lipinski definition) is 4. The van der Waals surface area contributed by atoms with Crippen LogP contribution < -0.4 is 0 Å². The van der Waals surface area contributed by atoms with Gasteiger partial charge in [0.25, 0.3) is 0 Å². The molecule has 7 aromatic rings. The first-order valence-corrected chi connectivity index (χ1v) is 19.6. The lowest BCUT2D eigenvalue weighted by Crippen LogP contribution is -2.28. The van der Waals surface area contributed by atoms with Crippen LogP contribution in [0.3, 0.4) is 0 Å². The van der Waals surface area contributed by atoms with E-state index in [4.69, 9.17) is 15.0 Å². The summed E-state index contributed by atoms with van der Waals surface area (Å²) in [4.78, 5) is 15.3. The van der Waals surface area contributed by atoms with Crippen LogP contribution in [0.25, 0.3) is 67.5 Å². The van der Waals surface area contributed by atoms with E-state index in [2.05, 4.69) is 118 Å². The van der Waals surface area contributed by atoms with E-state index in [1.165, 1.54) is 43.2 Å². The Kier molecular flexibility index (Phi) is 10.2. The minimum absolute atomic E-state index is 0.231. The molecule has 1 unspecified atom stereocenters. The number of nitrogens with zero attached hydrogens (tertiary/aromatic N) is 4. The molecule has 8 rings (SSSR count). The van der Waals surface area contributed by atoms with E-state index in [0.29, 0.717) is 23.0 Å². The zero-order chi connectivity index (χ0) is 37.8. The molecule has 1 aromatic heterocycles. The molecule has 1 saturated carbocycles. The smallest absolute Gasteiger partial charge is 0.164 e. The van der Waals surface area contributed by atoms with Crippen LogP contribution >= 0.6 is 0 Å². The molecule has 0 amide bonds. The third kappa shape index (κ3) is 7.62. The summed E-state index contributed by atoms with van der Waals surface area (Å²) in [7, 11) is 0. The Hall–Kier alpha value is -6.18. The SMILES string of the molecule is CCC1(c2ccc(-c3ccc(-c4nc(-c5cccc(C#N)c5)nc(-c5cccc(-c6ccccc6)c5)n4)c(-c4ccccc4)c3)cc2)C[C@H](C)CC[C@H](C)C1. The normalized spacial score (nSPS) is 18.3. The highest BCUT2D eigenvalue weighted by Gasteiger charge is 2.36. The number of benzene rings is 6. The predicted molar refractivity (Wildman–Crippen MR) is 226 cm³/mol. The average molecular weight is 715 g/mol. The van der Waals surface area contributed by atoms with Gasteiger partial charge in [-0.05, 0) is 106 Å². The molecule has 1 fully saturated rings. The van der Waals surface area contributed by atoms with Crippen LogP contribution in [0.15, 0.2) is 152 Å². The third-order valence-electron chi connectivity index (χ3n) is 11.6. The molecule has 270 valence electrons. The van der Waals surface area contributed by atoms with Crippen LogP contribution in [0.2, 0.25) is 0 Å². The monoisotopic (exact) mass is 714 g/mol. The number of aromatic nitrogens is 3.